The lowest BCUT2D eigenvalue weighted by Gasteiger charge is -2.15. The number of hydrogen-bond donors (Lipinski definition) is 0. The molecule has 8 nitrogen and oxygen atoms in total. The maximum atomic E-state index is 13.5. The summed E-state index contributed by atoms with van der Waals surface area (Å²) >= 11 is 6.09. The van der Waals surface area contributed by atoms with Crippen molar-refractivity contribution in [3.05, 3.63) is 71.1 Å². The number of methoxy groups -OCH3 is 1. The molecule has 0 unspecified atom stereocenters. The lowest BCUT2D eigenvalue weighted by atomic mass is 10.0. The van der Waals surface area contributed by atoms with Gasteiger partial charge in [0.2, 0.25) is 0 Å². The molecule has 2 aromatic heterocycles. The van der Waals surface area contributed by atoms with Crippen LogP contribution in [0.4, 0.5) is 0 Å². The van der Waals surface area contributed by atoms with Crippen molar-refractivity contribution in [3.63, 3.8) is 0 Å². The Hall–Kier alpha value is -3.49. The van der Waals surface area contributed by atoms with Gasteiger partial charge in [0, 0.05) is 29.8 Å². The predicted octanol–water partition coefficient (Wildman–Crippen LogP) is 1.83. The molecule has 0 N–H and O–H groups in total. The molecule has 0 atom stereocenters. The first-order valence-corrected chi connectivity index (χ1v) is 10.5. The predicted molar refractivity (Wildman–Crippen MR) is 116 cm³/mol. The van der Waals surface area contributed by atoms with Crippen molar-refractivity contribution in [2.75, 3.05) is 20.3 Å². The summed E-state index contributed by atoms with van der Waals surface area (Å²) in [6.45, 7) is 2.10. The van der Waals surface area contributed by atoms with E-state index in [2.05, 4.69) is 5.10 Å². The van der Waals surface area contributed by atoms with Gasteiger partial charge in [-0.05, 0) is 30.5 Å². The topological polar surface area (TPSA) is 91.4 Å². The number of ether oxygens (including phenoxy) is 1. The summed E-state index contributed by atoms with van der Waals surface area (Å²) in [6, 6.07) is 12.0. The molecule has 3 aromatic rings. The van der Waals surface area contributed by atoms with E-state index in [1.54, 1.807) is 59.4 Å². The van der Waals surface area contributed by atoms with Crippen LogP contribution in [0, 0.1) is 0 Å². The Bertz CT molecular complexity index is 1220. The van der Waals surface area contributed by atoms with Crippen molar-refractivity contribution in [1.29, 1.82) is 0 Å². The summed E-state index contributed by atoms with van der Waals surface area (Å²) in [5, 5.41) is 18.4. The molecular formula is C23H21ClN4O4. The summed E-state index contributed by atoms with van der Waals surface area (Å²) in [7, 11) is 1.49. The summed E-state index contributed by atoms with van der Waals surface area (Å²) in [4.78, 5) is 27.8. The number of rotatable bonds is 7. The van der Waals surface area contributed by atoms with Crippen molar-refractivity contribution in [2.24, 2.45) is 0 Å². The average Bonchev–Trinajstić information content (AvgIpc) is 3.25. The largest absolute Gasteiger partial charge is 0.858 e. The Balaban J connectivity index is 1.95. The molecule has 0 radical (unpaired) electrons. The molecule has 0 spiro atoms. The molecule has 0 aliphatic carbocycles. The highest BCUT2D eigenvalue weighted by Gasteiger charge is 2.46. The number of nitrogens with zero attached hydrogens (tertiary/aromatic N) is 4. The summed E-state index contributed by atoms with van der Waals surface area (Å²) in [5.41, 5.74) is 1.18. The molecule has 1 aliphatic heterocycles. The smallest absolute Gasteiger partial charge is 0.326 e. The van der Waals surface area contributed by atoms with Gasteiger partial charge < -0.3 is 9.84 Å². The van der Waals surface area contributed by atoms with Crippen LogP contribution in [0.25, 0.3) is 17.0 Å². The van der Waals surface area contributed by atoms with E-state index >= 15 is 0 Å². The van der Waals surface area contributed by atoms with Crippen LogP contribution in [0.1, 0.15) is 18.2 Å². The van der Waals surface area contributed by atoms with E-state index in [-0.39, 0.29) is 30.0 Å². The van der Waals surface area contributed by atoms with Gasteiger partial charge >= 0.3 is 5.91 Å². The van der Waals surface area contributed by atoms with Crippen molar-refractivity contribution in [2.45, 2.75) is 13.3 Å². The second-order valence-electron chi connectivity index (χ2n) is 7.13. The first-order valence-electron chi connectivity index (χ1n) is 10.1. The van der Waals surface area contributed by atoms with Crippen LogP contribution in [-0.4, -0.2) is 46.8 Å². The van der Waals surface area contributed by atoms with Gasteiger partial charge in [0.1, 0.15) is 5.57 Å². The van der Waals surface area contributed by atoms with E-state index in [4.69, 9.17) is 16.3 Å². The summed E-state index contributed by atoms with van der Waals surface area (Å²) in [6.07, 6.45) is 3.73. The zero-order valence-electron chi connectivity index (χ0n) is 17.6. The number of imide groups is 1. The normalized spacial score (nSPS) is 14.0. The Morgan fingerprint density at radius 3 is 2.53 bits per heavy atom. The Labute approximate surface area is 189 Å². The Morgan fingerprint density at radius 1 is 1.12 bits per heavy atom. The van der Waals surface area contributed by atoms with Crippen LogP contribution in [0.5, 0.6) is 5.88 Å². The maximum absolute atomic E-state index is 13.5. The minimum Gasteiger partial charge on any atom is -0.858 e. The van der Waals surface area contributed by atoms with Crippen LogP contribution >= 0.6 is 11.6 Å². The Morgan fingerprint density at radius 2 is 1.88 bits per heavy atom. The van der Waals surface area contributed by atoms with Crippen LogP contribution in [0.2, 0.25) is 5.02 Å². The van der Waals surface area contributed by atoms with Gasteiger partial charge in [0.25, 0.3) is 11.6 Å². The van der Waals surface area contributed by atoms with Gasteiger partial charge in [-0.2, -0.15) is 9.67 Å². The molecule has 0 saturated heterocycles. The standard InChI is InChI=1S/C23H21ClN4O4/c1-3-17-18(22(30)28(25-17)16-9-7-8-15(24)14-16)19-20(26-10-5-4-6-11-26)23(31)27(21(19)29)12-13-32-2/h4-11,14H,3,12-13H2,1-2H3. The second kappa shape index (κ2) is 8.94. The zero-order valence-corrected chi connectivity index (χ0v) is 18.4. The van der Waals surface area contributed by atoms with Gasteiger partial charge in [-0.15, -0.1) is 0 Å². The number of benzene rings is 1. The zero-order chi connectivity index (χ0) is 22.8. The molecule has 1 aliphatic rings. The summed E-state index contributed by atoms with van der Waals surface area (Å²) < 4.78 is 7.83. The van der Waals surface area contributed by atoms with Gasteiger partial charge in [0.15, 0.2) is 12.4 Å². The molecule has 9 heteroatoms. The number of amides is 2. The number of pyridine rings is 1. The van der Waals surface area contributed by atoms with E-state index in [0.717, 1.165) is 4.90 Å². The highest BCUT2D eigenvalue weighted by atomic mass is 35.5. The molecule has 1 aromatic carbocycles. The second-order valence-corrected chi connectivity index (χ2v) is 7.57. The number of carbonyl (C=O) groups excluding carboxylic acids is 2. The maximum Gasteiger partial charge on any atom is 0.326 e. The minimum atomic E-state index is -0.546. The molecule has 3 heterocycles. The molecule has 32 heavy (non-hydrogen) atoms. The van der Waals surface area contributed by atoms with Crippen molar-refractivity contribution < 1.29 is 24.0 Å². The molecule has 0 saturated carbocycles. The average molecular weight is 453 g/mol. The molecule has 0 fully saturated rings. The Kier molecular flexibility index (Phi) is 6.07. The lowest BCUT2D eigenvalue weighted by Crippen LogP contribution is -2.40. The third-order valence-electron chi connectivity index (χ3n) is 5.19. The first-order chi connectivity index (χ1) is 15.5. The highest BCUT2D eigenvalue weighted by molar-refractivity contribution is 6.44. The van der Waals surface area contributed by atoms with E-state index in [1.165, 1.54) is 11.8 Å². The quantitative estimate of drug-likeness (QED) is 0.403. The SMILES string of the molecule is CCc1nn(-c2cccc(Cl)c2)c([O-])c1C1=C([n+]2ccccc2)C(=O)N(CCOC)C1=O. The number of carbonyl (C=O) groups is 2. The fraction of sp³-hybridized carbons (Fsp3) is 0.217. The van der Waals surface area contributed by atoms with Crippen molar-refractivity contribution >= 4 is 34.7 Å². The monoisotopic (exact) mass is 452 g/mol. The summed E-state index contributed by atoms with van der Waals surface area (Å²) in [5.74, 6) is -1.52. The molecule has 4 rings (SSSR count). The fourth-order valence-electron chi connectivity index (χ4n) is 3.69. The molecule has 164 valence electrons. The van der Waals surface area contributed by atoms with E-state index in [1.807, 2.05) is 6.92 Å². The van der Waals surface area contributed by atoms with Crippen molar-refractivity contribution in [1.82, 2.24) is 14.7 Å². The number of aryl methyl sites for hydroxylation is 1. The fourth-order valence-corrected chi connectivity index (χ4v) is 3.87. The van der Waals surface area contributed by atoms with Gasteiger partial charge in [-0.3, -0.25) is 14.5 Å². The third-order valence-corrected chi connectivity index (χ3v) is 5.42. The van der Waals surface area contributed by atoms with E-state index < -0.39 is 17.7 Å². The molecule has 0 bridgehead atoms. The van der Waals surface area contributed by atoms with Gasteiger partial charge in [-0.25, -0.2) is 4.68 Å². The number of aromatic nitrogens is 3. The van der Waals surface area contributed by atoms with Gasteiger partial charge in [-0.1, -0.05) is 30.7 Å². The van der Waals surface area contributed by atoms with E-state index in [9.17, 15) is 14.7 Å². The lowest BCUT2D eigenvalue weighted by molar-refractivity contribution is -0.576. The van der Waals surface area contributed by atoms with E-state index in [0.29, 0.717) is 22.8 Å². The van der Waals surface area contributed by atoms with Crippen molar-refractivity contribution in [3.8, 4) is 11.6 Å². The third kappa shape index (κ3) is 3.68. The minimum absolute atomic E-state index is 0.0393. The molecular weight excluding hydrogens is 432 g/mol. The number of hydrogen-bond acceptors (Lipinski definition) is 5. The van der Waals surface area contributed by atoms with Crippen LogP contribution in [0.15, 0.2) is 54.9 Å². The van der Waals surface area contributed by atoms with Crippen LogP contribution in [-0.2, 0) is 20.7 Å². The van der Waals surface area contributed by atoms with Gasteiger partial charge in [0.05, 0.1) is 24.5 Å². The number of halogens is 1. The van der Waals surface area contributed by atoms with Crippen LogP contribution < -0.4 is 9.67 Å². The van der Waals surface area contributed by atoms with Crippen LogP contribution in [0.3, 0.4) is 0 Å². The highest BCUT2D eigenvalue weighted by Crippen LogP contribution is 2.37. The first kappa shape index (κ1) is 21.7. The molecule has 2 amide bonds.